The van der Waals surface area contributed by atoms with Gasteiger partial charge in [0, 0.05) is 22.9 Å². The highest BCUT2D eigenvalue weighted by atomic mass is 79.9. The number of pyridine rings is 1. The van der Waals surface area contributed by atoms with Gasteiger partial charge in [-0.2, -0.15) is 0 Å². The third-order valence-corrected chi connectivity index (χ3v) is 4.22. The summed E-state index contributed by atoms with van der Waals surface area (Å²) in [5.74, 6) is 1.02. The molecule has 104 valence electrons. The molecule has 0 radical (unpaired) electrons. The molecular weight excluding hydrogens is 316 g/mol. The molecule has 0 amide bonds. The van der Waals surface area contributed by atoms with Gasteiger partial charge < -0.3 is 9.64 Å². The minimum atomic E-state index is 0.282. The Balaban J connectivity index is 1.81. The van der Waals surface area contributed by atoms with E-state index in [-0.39, 0.29) is 6.10 Å². The molecule has 4 heteroatoms. The van der Waals surface area contributed by atoms with Gasteiger partial charge in [0.15, 0.2) is 0 Å². The standard InChI is InChI=1S/C16H17BrN2O/c1-2-10-20-13-8-9-19(11-13)15-7-6-12-4-3-5-14(17)16(12)18-15/h2-7,13H,1,8-11H2. The molecular formula is C16H17BrN2O. The zero-order valence-corrected chi connectivity index (χ0v) is 12.8. The van der Waals surface area contributed by atoms with Crippen LogP contribution in [0.1, 0.15) is 6.42 Å². The first-order valence-electron chi connectivity index (χ1n) is 6.80. The smallest absolute Gasteiger partial charge is 0.129 e. The number of para-hydroxylation sites is 1. The van der Waals surface area contributed by atoms with Crippen molar-refractivity contribution in [3.8, 4) is 0 Å². The number of halogens is 1. The van der Waals surface area contributed by atoms with E-state index in [9.17, 15) is 0 Å². The maximum Gasteiger partial charge on any atom is 0.129 e. The number of aromatic nitrogens is 1. The largest absolute Gasteiger partial charge is 0.372 e. The van der Waals surface area contributed by atoms with Crippen LogP contribution in [0.25, 0.3) is 10.9 Å². The molecule has 1 aromatic carbocycles. The second kappa shape index (κ2) is 5.94. The van der Waals surface area contributed by atoms with Gasteiger partial charge in [-0.1, -0.05) is 18.2 Å². The summed E-state index contributed by atoms with van der Waals surface area (Å²) >= 11 is 3.57. The first-order chi connectivity index (χ1) is 9.78. The zero-order valence-electron chi connectivity index (χ0n) is 11.3. The Morgan fingerprint density at radius 2 is 2.30 bits per heavy atom. The Kier molecular flexibility index (Phi) is 4.03. The van der Waals surface area contributed by atoms with Crippen molar-refractivity contribution in [3.05, 3.63) is 47.5 Å². The minimum Gasteiger partial charge on any atom is -0.372 e. The molecule has 2 heterocycles. The third kappa shape index (κ3) is 2.72. The molecule has 0 spiro atoms. The normalized spacial score (nSPS) is 18.6. The first-order valence-corrected chi connectivity index (χ1v) is 7.60. The summed E-state index contributed by atoms with van der Waals surface area (Å²) in [5.41, 5.74) is 1.01. The van der Waals surface area contributed by atoms with Crippen molar-refractivity contribution in [3.63, 3.8) is 0 Å². The van der Waals surface area contributed by atoms with Crippen LogP contribution in [0.5, 0.6) is 0 Å². The summed E-state index contributed by atoms with van der Waals surface area (Å²) in [4.78, 5) is 7.06. The number of anilines is 1. The monoisotopic (exact) mass is 332 g/mol. The molecule has 1 aliphatic rings. The minimum absolute atomic E-state index is 0.282. The van der Waals surface area contributed by atoms with Gasteiger partial charge in [-0.15, -0.1) is 6.58 Å². The molecule has 0 N–H and O–H groups in total. The number of ether oxygens (including phenoxy) is 1. The van der Waals surface area contributed by atoms with E-state index < -0.39 is 0 Å². The van der Waals surface area contributed by atoms with Crippen LogP contribution in [-0.2, 0) is 4.74 Å². The van der Waals surface area contributed by atoms with Crippen LogP contribution in [0, 0.1) is 0 Å². The number of fused-ring (bicyclic) bond motifs is 1. The molecule has 0 aliphatic carbocycles. The van der Waals surface area contributed by atoms with E-state index in [1.807, 2.05) is 12.1 Å². The summed E-state index contributed by atoms with van der Waals surface area (Å²) in [6.07, 6.45) is 3.13. The molecule has 1 aliphatic heterocycles. The number of hydrogen-bond donors (Lipinski definition) is 0. The molecule has 0 bridgehead atoms. The fourth-order valence-corrected chi connectivity index (χ4v) is 3.02. The van der Waals surface area contributed by atoms with Crippen molar-refractivity contribution < 1.29 is 4.74 Å². The Bertz CT molecular complexity index is 629. The SMILES string of the molecule is C=CCOC1CCN(c2ccc3cccc(Br)c3n2)C1. The number of benzene rings is 1. The van der Waals surface area contributed by atoms with Crippen LogP contribution in [0.15, 0.2) is 47.5 Å². The van der Waals surface area contributed by atoms with Crippen molar-refractivity contribution in [1.29, 1.82) is 0 Å². The van der Waals surface area contributed by atoms with Crippen molar-refractivity contribution >= 4 is 32.7 Å². The maximum absolute atomic E-state index is 5.72. The van der Waals surface area contributed by atoms with E-state index in [2.05, 4.69) is 45.6 Å². The average Bonchev–Trinajstić information content (AvgIpc) is 2.94. The lowest BCUT2D eigenvalue weighted by molar-refractivity contribution is 0.0909. The van der Waals surface area contributed by atoms with Crippen LogP contribution in [0.4, 0.5) is 5.82 Å². The second-order valence-electron chi connectivity index (χ2n) is 4.96. The van der Waals surface area contributed by atoms with E-state index >= 15 is 0 Å². The van der Waals surface area contributed by atoms with Crippen LogP contribution < -0.4 is 4.90 Å². The molecule has 3 rings (SSSR count). The van der Waals surface area contributed by atoms with E-state index in [0.29, 0.717) is 6.61 Å². The van der Waals surface area contributed by atoms with Gasteiger partial charge in [-0.3, -0.25) is 0 Å². The van der Waals surface area contributed by atoms with Crippen LogP contribution >= 0.6 is 15.9 Å². The Morgan fingerprint density at radius 1 is 1.40 bits per heavy atom. The molecule has 0 saturated carbocycles. The highest BCUT2D eigenvalue weighted by Crippen LogP contribution is 2.26. The van der Waals surface area contributed by atoms with Crippen molar-refractivity contribution in [2.24, 2.45) is 0 Å². The number of rotatable bonds is 4. The van der Waals surface area contributed by atoms with Gasteiger partial charge in [0.25, 0.3) is 0 Å². The molecule has 20 heavy (non-hydrogen) atoms. The second-order valence-corrected chi connectivity index (χ2v) is 5.81. The summed E-state index contributed by atoms with van der Waals surface area (Å²) in [5, 5.41) is 1.15. The lowest BCUT2D eigenvalue weighted by atomic mass is 10.2. The van der Waals surface area contributed by atoms with Gasteiger partial charge >= 0.3 is 0 Å². The van der Waals surface area contributed by atoms with E-state index in [1.165, 1.54) is 0 Å². The summed E-state index contributed by atoms with van der Waals surface area (Å²) in [6, 6.07) is 10.4. The number of nitrogens with zero attached hydrogens (tertiary/aromatic N) is 2. The molecule has 1 unspecified atom stereocenters. The van der Waals surface area contributed by atoms with Gasteiger partial charge in [0.2, 0.25) is 0 Å². The summed E-state index contributed by atoms with van der Waals surface area (Å²) in [7, 11) is 0. The molecule has 1 fully saturated rings. The summed E-state index contributed by atoms with van der Waals surface area (Å²) < 4.78 is 6.76. The highest BCUT2D eigenvalue weighted by molar-refractivity contribution is 9.10. The van der Waals surface area contributed by atoms with Gasteiger partial charge in [-0.25, -0.2) is 4.98 Å². The Morgan fingerprint density at radius 3 is 3.15 bits per heavy atom. The molecule has 1 aromatic heterocycles. The predicted molar refractivity (Wildman–Crippen MR) is 86.2 cm³/mol. The summed E-state index contributed by atoms with van der Waals surface area (Å²) in [6.45, 7) is 6.20. The van der Waals surface area contributed by atoms with E-state index in [4.69, 9.17) is 9.72 Å². The van der Waals surface area contributed by atoms with E-state index in [1.54, 1.807) is 6.08 Å². The van der Waals surface area contributed by atoms with Crippen LogP contribution in [-0.4, -0.2) is 30.8 Å². The quantitative estimate of drug-likeness (QED) is 0.797. The van der Waals surface area contributed by atoms with Gasteiger partial charge in [-0.05, 0) is 40.5 Å². The van der Waals surface area contributed by atoms with Crippen LogP contribution in [0.2, 0.25) is 0 Å². The fraction of sp³-hybridized carbons (Fsp3) is 0.312. The van der Waals surface area contributed by atoms with Crippen LogP contribution in [0.3, 0.4) is 0 Å². The molecule has 3 nitrogen and oxygen atoms in total. The molecule has 1 saturated heterocycles. The maximum atomic E-state index is 5.72. The van der Waals surface area contributed by atoms with E-state index in [0.717, 1.165) is 40.7 Å². The van der Waals surface area contributed by atoms with Gasteiger partial charge in [0.05, 0.1) is 18.2 Å². The molecule has 2 aromatic rings. The zero-order chi connectivity index (χ0) is 13.9. The number of hydrogen-bond acceptors (Lipinski definition) is 3. The lowest BCUT2D eigenvalue weighted by Crippen LogP contribution is -2.23. The average molecular weight is 333 g/mol. The van der Waals surface area contributed by atoms with Crippen molar-refractivity contribution in [2.45, 2.75) is 12.5 Å². The topological polar surface area (TPSA) is 25.4 Å². The predicted octanol–water partition coefficient (Wildman–Crippen LogP) is 3.78. The fourth-order valence-electron chi connectivity index (χ4n) is 2.55. The highest BCUT2D eigenvalue weighted by Gasteiger charge is 2.23. The molecule has 1 atom stereocenters. The van der Waals surface area contributed by atoms with Crippen molar-refractivity contribution in [2.75, 3.05) is 24.6 Å². The Hall–Kier alpha value is -1.39. The van der Waals surface area contributed by atoms with Gasteiger partial charge in [0.1, 0.15) is 5.82 Å². The third-order valence-electron chi connectivity index (χ3n) is 3.58. The lowest BCUT2D eigenvalue weighted by Gasteiger charge is -2.18. The first kappa shape index (κ1) is 13.6. The van der Waals surface area contributed by atoms with Crippen molar-refractivity contribution in [1.82, 2.24) is 4.98 Å². The Labute approximate surface area is 127 Å².